The Hall–Kier alpha value is -1.01. The molecule has 88 valence electrons. The molecular formula is C10H15N3O2S. The van der Waals surface area contributed by atoms with Gasteiger partial charge in [-0.25, -0.2) is 18.4 Å². The summed E-state index contributed by atoms with van der Waals surface area (Å²) in [6.07, 6.45) is 4.80. The zero-order chi connectivity index (χ0) is 11.6. The zero-order valence-electron chi connectivity index (χ0n) is 9.18. The molecule has 1 saturated heterocycles. The van der Waals surface area contributed by atoms with E-state index in [1.807, 2.05) is 0 Å². The van der Waals surface area contributed by atoms with Crippen molar-refractivity contribution in [1.82, 2.24) is 15.3 Å². The molecule has 1 atom stereocenters. The van der Waals surface area contributed by atoms with Gasteiger partial charge in [0.05, 0.1) is 0 Å². The summed E-state index contributed by atoms with van der Waals surface area (Å²) < 4.78 is 22.7. The van der Waals surface area contributed by atoms with Crippen LogP contribution in [-0.2, 0) is 9.84 Å². The molecule has 5 nitrogen and oxygen atoms in total. The van der Waals surface area contributed by atoms with Crippen molar-refractivity contribution in [2.24, 2.45) is 0 Å². The lowest BCUT2D eigenvalue weighted by Crippen LogP contribution is -2.29. The van der Waals surface area contributed by atoms with Crippen LogP contribution in [-0.4, -0.2) is 37.7 Å². The normalized spacial score (nSPS) is 21.9. The quantitative estimate of drug-likeness (QED) is 0.756. The van der Waals surface area contributed by atoms with Crippen molar-refractivity contribution in [2.45, 2.75) is 23.9 Å². The SMILES string of the molecule is CS(=O)(=O)c1nccc(C2CCCNC2)n1. The van der Waals surface area contributed by atoms with Crippen molar-refractivity contribution in [1.29, 1.82) is 0 Å². The van der Waals surface area contributed by atoms with Gasteiger partial charge in [0.25, 0.3) is 0 Å². The molecular weight excluding hydrogens is 226 g/mol. The topological polar surface area (TPSA) is 72.0 Å². The third kappa shape index (κ3) is 2.56. The van der Waals surface area contributed by atoms with E-state index < -0.39 is 9.84 Å². The molecule has 2 rings (SSSR count). The summed E-state index contributed by atoms with van der Waals surface area (Å²) in [5, 5.41) is 3.21. The van der Waals surface area contributed by atoms with Crippen LogP contribution in [0.2, 0.25) is 0 Å². The van der Waals surface area contributed by atoms with Gasteiger partial charge in [-0.3, -0.25) is 0 Å². The van der Waals surface area contributed by atoms with E-state index in [9.17, 15) is 8.42 Å². The molecule has 0 radical (unpaired) electrons. The molecule has 0 spiro atoms. The van der Waals surface area contributed by atoms with Gasteiger partial charge in [0.1, 0.15) is 0 Å². The van der Waals surface area contributed by atoms with Crippen LogP contribution in [0.3, 0.4) is 0 Å². The second-order valence-electron chi connectivity index (χ2n) is 4.08. The summed E-state index contributed by atoms with van der Waals surface area (Å²) >= 11 is 0. The molecule has 0 saturated carbocycles. The smallest absolute Gasteiger partial charge is 0.246 e. The summed E-state index contributed by atoms with van der Waals surface area (Å²) in [6, 6.07) is 1.80. The largest absolute Gasteiger partial charge is 0.316 e. The Morgan fingerprint density at radius 2 is 2.31 bits per heavy atom. The lowest BCUT2D eigenvalue weighted by Gasteiger charge is -2.22. The maximum atomic E-state index is 11.3. The summed E-state index contributed by atoms with van der Waals surface area (Å²) in [4.78, 5) is 7.91. The standard InChI is InChI=1S/C10H15N3O2S/c1-16(14,15)10-12-6-4-9(13-10)8-3-2-5-11-7-8/h4,6,8,11H,2-3,5,7H2,1H3. The van der Waals surface area contributed by atoms with E-state index in [1.165, 1.54) is 6.20 Å². The van der Waals surface area contributed by atoms with Crippen LogP contribution in [0, 0.1) is 0 Å². The molecule has 6 heteroatoms. The van der Waals surface area contributed by atoms with Crippen LogP contribution < -0.4 is 5.32 Å². The predicted octanol–water partition coefficient (Wildman–Crippen LogP) is 0.347. The molecule has 1 aromatic heterocycles. The van der Waals surface area contributed by atoms with Gasteiger partial charge in [-0.2, -0.15) is 0 Å². The highest BCUT2D eigenvalue weighted by Gasteiger charge is 2.19. The maximum Gasteiger partial charge on any atom is 0.246 e. The number of aromatic nitrogens is 2. The first-order valence-electron chi connectivity index (χ1n) is 5.31. The van der Waals surface area contributed by atoms with Crippen LogP contribution in [0.1, 0.15) is 24.5 Å². The van der Waals surface area contributed by atoms with E-state index in [0.717, 1.165) is 37.9 Å². The number of rotatable bonds is 2. The fraction of sp³-hybridized carbons (Fsp3) is 0.600. The molecule has 0 bridgehead atoms. The third-order valence-electron chi connectivity index (χ3n) is 2.70. The van der Waals surface area contributed by atoms with Crippen LogP contribution >= 0.6 is 0 Å². The van der Waals surface area contributed by atoms with Gasteiger partial charge in [0.15, 0.2) is 0 Å². The van der Waals surface area contributed by atoms with E-state index >= 15 is 0 Å². The summed E-state index contributed by atoms with van der Waals surface area (Å²) in [5.74, 6) is 0.303. The van der Waals surface area contributed by atoms with Crippen molar-refractivity contribution in [3.8, 4) is 0 Å². The molecule has 1 aromatic rings. The van der Waals surface area contributed by atoms with Gasteiger partial charge in [0, 0.05) is 30.6 Å². The molecule has 16 heavy (non-hydrogen) atoms. The summed E-state index contributed by atoms with van der Waals surface area (Å²) in [7, 11) is -3.31. The van der Waals surface area contributed by atoms with Gasteiger partial charge < -0.3 is 5.32 Å². The fourth-order valence-corrected chi connectivity index (χ4v) is 2.39. The van der Waals surface area contributed by atoms with Crippen molar-refractivity contribution < 1.29 is 8.42 Å². The second-order valence-corrected chi connectivity index (χ2v) is 5.99. The number of piperidine rings is 1. The van der Waals surface area contributed by atoms with Crippen LogP contribution in [0.4, 0.5) is 0 Å². The van der Waals surface area contributed by atoms with Crippen molar-refractivity contribution in [3.05, 3.63) is 18.0 Å². The fourth-order valence-electron chi connectivity index (χ4n) is 1.86. The molecule has 1 aliphatic rings. The Balaban J connectivity index is 2.28. The van der Waals surface area contributed by atoms with Gasteiger partial charge >= 0.3 is 0 Å². The van der Waals surface area contributed by atoms with Crippen LogP contribution in [0.5, 0.6) is 0 Å². The summed E-state index contributed by atoms with van der Waals surface area (Å²) in [6.45, 7) is 1.89. The number of sulfone groups is 1. The lowest BCUT2D eigenvalue weighted by molar-refractivity contribution is 0.451. The van der Waals surface area contributed by atoms with Gasteiger partial charge in [-0.15, -0.1) is 0 Å². The molecule has 0 aliphatic carbocycles. The number of nitrogens with zero attached hydrogens (tertiary/aromatic N) is 2. The Morgan fingerprint density at radius 3 is 2.94 bits per heavy atom. The van der Waals surface area contributed by atoms with Crippen LogP contribution in [0.25, 0.3) is 0 Å². The van der Waals surface area contributed by atoms with E-state index in [4.69, 9.17) is 0 Å². The third-order valence-corrected chi connectivity index (χ3v) is 3.56. The monoisotopic (exact) mass is 241 g/mol. The first-order chi connectivity index (χ1) is 7.57. The van der Waals surface area contributed by atoms with E-state index in [1.54, 1.807) is 6.07 Å². The van der Waals surface area contributed by atoms with Gasteiger partial charge in [0.2, 0.25) is 15.0 Å². The number of hydrogen-bond acceptors (Lipinski definition) is 5. The lowest BCUT2D eigenvalue weighted by atomic mass is 9.96. The van der Waals surface area contributed by atoms with Crippen LogP contribution in [0.15, 0.2) is 17.4 Å². The predicted molar refractivity (Wildman–Crippen MR) is 60.0 cm³/mol. The molecule has 0 amide bonds. The Bertz CT molecular complexity index is 467. The van der Waals surface area contributed by atoms with Crippen molar-refractivity contribution in [3.63, 3.8) is 0 Å². The van der Waals surface area contributed by atoms with Gasteiger partial charge in [-0.1, -0.05) is 0 Å². The van der Waals surface area contributed by atoms with E-state index in [2.05, 4.69) is 15.3 Å². The minimum Gasteiger partial charge on any atom is -0.316 e. The van der Waals surface area contributed by atoms with E-state index in [0.29, 0.717) is 5.92 Å². The number of nitrogens with one attached hydrogen (secondary N) is 1. The first-order valence-corrected chi connectivity index (χ1v) is 7.20. The maximum absolute atomic E-state index is 11.3. The number of hydrogen-bond donors (Lipinski definition) is 1. The summed E-state index contributed by atoms with van der Waals surface area (Å²) in [5.41, 5.74) is 0.822. The van der Waals surface area contributed by atoms with Crippen molar-refractivity contribution in [2.75, 3.05) is 19.3 Å². The average Bonchev–Trinajstić information content (AvgIpc) is 2.29. The highest BCUT2D eigenvalue weighted by molar-refractivity contribution is 7.90. The highest BCUT2D eigenvalue weighted by Crippen LogP contribution is 2.21. The van der Waals surface area contributed by atoms with Gasteiger partial charge in [-0.05, 0) is 25.5 Å². The Kier molecular flexibility index (Phi) is 3.20. The minimum absolute atomic E-state index is 0.0735. The highest BCUT2D eigenvalue weighted by atomic mass is 32.2. The first kappa shape index (κ1) is 11.5. The van der Waals surface area contributed by atoms with Crippen molar-refractivity contribution >= 4 is 9.84 Å². The minimum atomic E-state index is -3.31. The van der Waals surface area contributed by atoms with E-state index in [-0.39, 0.29) is 5.16 Å². The Labute approximate surface area is 95.2 Å². The zero-order valence-corrected chi connectivity index (χ0v) is 10.00. The molecule has 1 fully saturated rings. The molecule has 1 aliphatic heterocycles. The molecule has 0 aromatic carbocycles. The molecule has 1 unspecified atom stereocenters. The average molecular weight is 241 g/mol. The molecule has 2 heterocycles. The Morgan fingerprint density at radius 1 is 1.50 bits per heavy atom. The molecule has 1 N–H and O–H groups in total. The second kappa shape index (κ2) is 4.47.